The number of nitrogens with zero attached hydrogens (tertiary/aromatic N) is 1. The Kier molecular flexibility index (Phi) is 5.33. The summed E-state index contributed by atoms with van der Waals surface area (Å²) < 4.78 is 29.6. The molecule has 0 bridgehead atoms. The fourth-order valence-corrected chi connectivity index (χ4v) is 3.62. The largest absolute Gasteiger partial charge is 0.419 e. The van der Waals surface area contributed by atoms with Gasteiger partial charge in [0.25, 0.3) is 11.8 Å². The molecular weight excluding hydrogens is 400 g/mol. The monoisotopic (exact) mass is 419 g/mol. The highest BCUT2D eigenvalue weighted by molar-refractivity contribution is 6.13. The lowest BCUT2D eigenvalue weighted by Gasteiger charge is -2.20. The second-order valence-corrected chi connectivity index (χ2v) is 7.25. The second-order valence-electron chi connectivity index (χ2n) is 7.25. The van der Waals surface area contributed by atoms with Gasteiger partial charge in [-0.3, -0.25) is 15.6 Å². The van der Waals surface area contributed by atoms with Crippen LogP contribution in [0, 0.1) is 17.7 Å². The van der Waals surface area contributed by atoms with Crippen LogP contribution < -0.4 is 4.90 Å². The third-order valence-electron chi connectivity index (χ3n) is 5.11. The minimum absolute atomic E-state index is 0.159. The summed E-state index contributed by atoms with van der Waals surface area (Å²) in [7, 11) is 0. The fraction of sp³-hybridized carbons (Fsp3) is 0.125. The summed E-state index contributed by atoms with van der Waals surface area (Å²) in [6.45, 7) is 2.37. The lowest BCUT2D eigenvalue weighted by atomic mass is 10.0. The molecule has 5 nitrogen and oxygen atoms in total. The van der Waals surface area contributed by atoms with Gasteiger partial charge in [-0.1, -0.05) is 54.1 Å². The third kappa shape index (κ3) is 3.94. The van der Waals surface area contributed by atoms with Crippen molar-refractivity contribution in [2.45, 2.75) is 19.9 Å². The van der Waals surface area contributed by atoms with Gasteiger partial charge in [-0.05, 0) is 36.2 Å². The summed E-state index contributed by atoms with van der Waals surface area (Å²) in [5, 5.41) is 14.9. The van der Waals surface area contributed by atoms with E-state index in [1.807, 2.05) is 49.4 Å². The molecule has 1 heterocycles. The van der Waals surface area contributed by atoms with Crippen LogP contribution in [0.5, 0.6) is 0 Å². The van der Waals surface area contributed by atoms with Crippen molar-refractivity contribution in [2.75, 3.05) is 4.90 Å². The number of carbonyl (C=O) groups is 1. The molecule has 0 saturated carbocycles. The zero-order valence-electron chi connectivity index (χ0n) is 16.7. The average Bonchev–Trinajstić information content (AvgIpc) is 3.09. The topological polar surface area (TPSA) is 77.2 Å². The van der Waals surface area contributed by atoms with Crippen LogP contribution >= 0.6 is 0 Å². The van der Waals surface area contributed by atoms with E-state index < -0.39 is 18.2 Å². The van der Waals surface area contributed by atoms with Gasteiger partial charge in [0.15, 0.2) is 0 Å². The molecule has 0 aromatic heterocycles. The van der Waals surface area contributed by atoms with Crippen LogP contribution in [0.15, 0.2) is 66.7 Å². The van der Waals surface area contributed by atoms with Crippen LogP contribution in [0.2, 0.25) is 0 Å². The molecule has 31 heavy (non-hydrogen) atoms. The molecule has 156 valence electrons. The number of ether oxygens (including phenoxy) is 1. The van der Waals surface area contributed by atoms with Crippen molar-refractivity contribution in [2.24, 2.45) is 0 Å². The van der Waals surface area contributed by atoms with Crippen LogP contribution in [-0.2, 0) is 11.3 Å². The Morgan fingerprint density at radius 2 is 1.77 bits per heavy atom. The summed E-state index contributed by atoms with van der Waals surface area (Å²) in [5.41, 5.74) is 5.11. The van der Waals surface area contributed by atoms with E-state index in [1.54, 1.807) is 11.0 Å². The van der Waals surface area contributed by atoms with Crippen molar-refractivity contribution in [3.63, 3.8) is 0 Å². The average molecular weight is 419 g/mol. The predicted octanol–water partition coefficient (Wildman–Crippen LogP) is 5.41. The van der Waals surface area contributed by atoms with Crippen LogP contribution in [-0.4, -0.2) is 24.1 Å². The lowest BCUT2D eigenvalue weighted by molar-refractivity contribution is 0.0996. The van der Waals surface area contributed by atoms with E-state index in [0.717, 1.165) is 27.9 Å². The van der Waals surface area contributed by atoms with Gasteiger partial charge >= 0.3 is 6.43 Å². The Morgan fingerprint density at radius 1 is 1.00 bits per heavy atom. The molecule has 1 aliphatic heterocycles. The zero-order valence-corrected chi connectivity index (χ0v) is 16.7. The van der Waals surface area contributed by atoms with Crippen LogP contribution in [0.3, 0.4) is 0 Å². The minimum Gasteiger partial charge on any atom is -0.419 e. The molecule has 7 heteroatoms. The smallest absolute Gasteiger partial charge is 0.312 e. The van der Waals surface area contributed by atoms with Crippen LogP contribution in [0.4, 0.5) is 14.5 Å². The number of benzene rings is 3. The fourth-order valence-electron chi connectivity index (χ4n) is 3.62. The van der Waals surface area contributed by atoms with E-state index in [-0.39, 0.29) is 11.5 Å². The van der Waals surface area contributed by atoms with Crippen molar-refractivity contribution < 1.29 is 18.3 Å². The molecule has 0 aliphatic carbocycles. The SMILES string of the molecule is Cc1cccc(-c2ccccc2N2Cc3ccc(C(=N)OC(=N)C(F)F)cc3C2=O)c1. The summed E-state index contributed by atoms with van der Waals surface area (Å²) in [6.07, 6.45) is -3.11. The van der Waals surface area contributed by atoms with Gasteiger partial charge < -0.3 is 9.64 Å². The highest BCUT2D eigenvalue weighted by atomic mass is 19.3. The molecular formula is C24H19F2N3O2. The van der Waals surface area contributed by atoms with E-state index in [2.05, 4.69) is 10.8 Å². The number of rotatable bonds is 4. The zero-order chi connectivity index (χ0) is 22.1. The summed E-state index contributed by atoms with van der Waals surface area (Å²) in [6, 6.07) is 20.3. The van der Waals surface area contributed by atoms with Crippen molar-refractivity contribution in [1.82, 2.24) is 0 Å². The first kappa shape index (κ1) is 20.4. The minimum atomic E-state index is -3.11. The maximum absolute atomic E-state index is 13.2. The highest BCUT2D eigenvalue weighted by Crippen LogP contribution is 2.36. The molecule has 4 rings (SSSR count). The number of hydrogen-bond acceptors (Lipinski definition) is 4. The molecule has 0 atom stereocenters. The molecule has 0 radical (unpaired) electrons. The van der Waals surface area contributed by atoms with Crippen LogP contribution in [0.1, 0.15) is 27.0 Å². The summed E-state index contributed by atoms with van der Waals surface area (Å²) in [5.74, 6) is -2.14. The quantitative estimate of drug-likeness (QED) is 0.438. The molecule has 2 N–H and O–H groups in total. The number of carbonyl (C=O) groups excluding carboxylic acids is 1. The van der Waals surface area contributed by atoms with Crippen molar-refractivity contribution in [3.05, 3.63) is 89.0 Å². The first-order chi connectivity index (χ1) is 14.8. The van der Waals surface area contributed by atoms with Gasteiger partial charge in [0, 0.05) is 16.7 Å². The Bertz CT molecular complexity index is 1210. The Hall–Kier alpha value is -3.87. The van der Waals surface area contributed by atoms with E-state index in [0.29, 0.717) is 12.1 Å². The third-order valence-corrected chi connectivity index (χ3v) is 5.11. The molecule has 0 unspecified atom stereocenters. The number of para-hydroxylation sites is 1. The summed E-state index contributed by atoms with van der Waals surface area (Å²) >= 11 is 0. The van der Waals surface area contributed by atoms with Gasteiger partial charge in [-0.2, -0.15) is 8.78 Å². The Morgan fingerprint density at radius 3 is 2.52 bits per heavy atom. The van der Waals surface area contributed by atoms with E-state index in [9.17, 15) is 13.6 Å². The molecule has 0 fully saturated rings. The Labute approximate surface area is 177 Å². The van der Waals surface area contributed by atoms with E-state index in [1.165, 1.54) is 12.1 Å². The number of hydrogen-bond donors (Lipinski definition) is 2. The first-order valence-corrected chi connectivity index (χ1v) is 9.59. The van der Waals surface area contributed by atoms with E-state index >= 15 is 0 Å². The van der Waals surface area contributed by atoms with Crippen molar-refractivity contribution >= 4 is 23.4 Å². The number of anilines is 1. The van der Waals surface area contributed by atoms with Gasteiger partial charge in [-0.25, -0.2) is 0 Å². The number of fused-ring (bicyclic) bond motifs is 1. The van der Waals surface area contributed by atoms with E-state index in [4.69, 9.17) is 10.8 Å². The normalized spacial score (nSPS) is 12.8. The molecule has 0 spiro atoms. The van der Waals surface area contributed by atoms with Crippen LogP contribution in [0.25, 0.3) is 11.1 Å². The highest BCUT2D eigenvalue weighted by Gasteiger charge is 2.31. The maximum atomic E-state index is 13.2. The number of nitrogens with one attached hydrogen (secondary N) is 2. The second kappa shape index (κ2) is 8.10. The lowest BCUT2D eigenvalue weighted by Crippen LogP contribution is -2.23. The van der Waals surface area contributed by atoms with Crippen molar-refractivity contribution in [3.8, 4) is 11.1 Å². The molecule has 3 aromatic rings. The van der Waals surface area contributed by atoms with Crippen molar-refractivity contribution in [1.29, 1.82) is 10.8 Å². The standard InChI is InChI=1S/C24H19F2N3O2/c1-14-5-4-6-15(11-14)18-7-2-3-8-20(18)29-13-17-10-9-16(12-19(17)24(29)30)22(27)31-23(28)21(25)26/h2-12,21,27-28H,13H2,1H3. The van der Waals surface area contributed by atoms with Gasteiger partial charge in [-0.15, -0.1) is 0 Å². The molecule has 1 amide bonds. The number of alkyl halides is 2. The Balaban J connectivity index is 1.65. The van der Waals surface area contributed by atoms with Gasteiger partial charge in [0.05, 0.1) is 12.2 Å². The molecule has 3 aromatic carbocycles. The summed E-state index contributed by atoms with van der Waals surface area (Å²) in [4.78, 5) is 14.9. The van der Waals surface area contributed by atoms with Gasteiger partial charge in [0.1, 0.15) is 0 Å². The molecule has 1 aliphatic rings. The number of amides is 1. The first-order valence-electron chi connectivity index (χ1n) is 9.59. The maximum Gasteiger partial charge on any atom is 0.312 e. The molecule has 0 saturated heterocycles. The number of halogens is 2. The predicted molar refractivity (Wildman–Crippen MR) is 115 cm³/mol. The van der Waals surface area contributed by atoms with Gasteiger partial charge in [0.2, 0.25) is 5.90 Å². The number of aryl methyl sites for hydroxylation is 1.